The van der Waals surface area contributed by atoms with Gasteiger partial charge in [0, 0.05) is 6.07 Å². The van der Waals surface area contributed by atoms with Gasteiger partial charge in [-0.05, 0) is 6.92 Å². The van der Waals surface area contributed by atoms with Crippen molar-refractivity contribution in [1.82, 2.24) is 0 Å². The Morgan fingerprint density at radius 1 is 1.53 bits per heavy atom. The number of anilines is 2. The van der Waals surface area contributed by atoms with Crippen molar-refractivity contribution < 1.29 is 9.53 Å². The molecule has 2 rings (SSSR count). The molecule has 0 aromatic heterocycles. The second kappa shape index (κ2) is 3.47. The van der Waals surface area contributed by atoms with Crippen molar-refractivity contribution in [2.75, 3.05) is 11.1 Å². The quantitative estimate of drug-likeness (QED) is 0.691. The number of fused-ring (bicyclic) bond motifs is 1. The zero-order valence-corrected chi connectivity index (χ0v) is 9.32. The lowest BCUT2D eigenvalue weighted by atomic mass is 10.2. The van der Waals surface area contributed by atoms with Crippen LogP contribution in [0.2, 0.25) is 10.0 Å². The van der Waals surface area contributed by atoms with Crippen LogP contribution in [0, 0.1) is 0 Å². The fourth-order valence-electron chi connectivity index (χ4n) is 1.29. The summed E-state index contributed by atoms with van der Waals surface area (Å²) in [6.07, 6.45) is -0.562. The fraction of sp³-hybridized carbons (Fsp3) is 0.222. The van der Waals surface area contributed by atoms with Crippen LogP contribution in [0.1, 0.15) is 6.92 Å². The van der Waals surface area contributed by atoms with Gasteiger partial charge in [-0.15, -0.1) is 0 Å². The van der Waals surface area contributed by atoms with Crippen molar-refractivity contribution in [1.29, 1.82) is 0 Å². The Kier molecular flexibility index (Phi) is 2.40. The Balaban J connectivity index is 2.58. The van der Waals surface area contributed by atoms with E-state index in [0.29, 0.717) is 16.5 Å². The van der Waals surface area contributed by atoms with Gasteiger partial charge in [0.15, 0.2) is 6.10 Å². The van der Waals surface area contributed by atoms with Crippen molar-refractivity contribution >= 4 is 40.5 Å². The first-order valence-corrected chi connectivity index (χ1v) is 5.01. The number of rotatable bonds is 0. The van der Waals surface area contributed by atoms with Crippen molar-refractivity contribution in [3.05, 3.63) is 16.1 Å². The van der Waals surface area contributed by atoms with Gasteiger partial charge in [-0.1, -0.05) is 23.2 Å². The molecule has 3 N–H and O–H groups in total. The summed E-state index contributed by atoms with van der Waals surface area (Å²) in [4.78, 5) is 11.3. The number of hydrogen-bond donors (Lipinski definition) is 2. The van der Waals surface area contributed by atoms with E-state index < -0.39 is 6.10 Å². The van der Waals surface area contributed by atoms with Gasteiger partial charge >= 0.3 is 0 Å². The Morgan fingerprint density at radius 3 is 2.87 bits per heavy atom. The highest BCUT2D eigenvalue weighted by atomic mass is 35.5. The molecule has 0 saturated heterocycles. The summed E-state index contributed by atoms with van der Waals surface area (Å²) < 4.78 is 5.32. The van der Waals surface area contributed by atoms with Gasteiger partial charge in [-0.25, -0.2) is 0 Å². The number of halogens is 2. The van der Waals surface area contributed by atoms with E-state index in [1.165, 1.54) is 6.07 Å². The summed E-state index contributed by atoms with van der Waals surface area (Å²) >= 11 is 11.8. The molecule has 1 unspecified atom stereocenters. The number of nitrogen functional groups attached to an aromatic ring is 1. The number of nitrogens with two attached hydrogens (primary N) is 1. The molecular weight excluding hydrogens is 239 g/mol. The van der Waals surface area contributed by atoms with E-state index in [2.05, 4.69) is 5.32 Å². The summed E-state index contributed by atoms with van der Waals surface area (Å²) in [6, 6.07) is 1.54. The van der Waals surface area contributed by atoms with Gasteiger partial charge in [0.05, 0.1) is 15.7 Å². The van der Waals surface area contributed by atoms with Gasteiger partial charge < -0.3 is 15.8 Å². The SMILES string of the molecule is CC1Oc2cc(Cl)c(N)c(Cl)c2NC1=O. The van der Waals surface area contributed by atoms with E-state index in [0.717, 1.165) is 0 Å². The molecule has 0 radical (unpaired) electrons. The van der Waals surface area contributed by atoms with Crippen LogP contribution in [0.25, 0.3) is 0 Å². The smallest absolute Gasteiger partial charge is 0.265 e. The maximum absolute atomic E-state index is 11.3. The summed E-state index contributed by atoms with van der Waals surface area (Å²) in [7, 11) is 0. The lowest BCUT2D eigenvalue weighted by molar-refractivity contribution is -0.122. The van der Waals surface area contributed by atoms with Gasteiger partial charge in [-0.3, -0.25) is 4.79 Å². The molecule has 6 heteroatoms. The van der Waals surface area contributed by atoms with Crippen LogP contribution in [-0.4, -0.2) is 12.0 Å². The van der Waals surface area contributed by atoms with E-state index in [4.69, 9.17) is 33.7 Å². The lowest BCUT2D eigenvalue weighted by Crippen LogP contribution is -2.34. The number of hydrogen-bond acceptors (Lipinski definition) is 3. The second-order valence-electron chi connectivity index (χ2n) is 3.21. The molecular formula is C9H8Cl2N2O2. The number of nitrogens with one attached hydrogen (secondary N) is 1. The lowest BCUT2D eigenvalue weighted by Gasteiger charge is -2.24. The molecule has 1 aliphatic heterocycles. The molecule has 0 aliphatic carbocycles. The standard InChI is InChI=1S/C9H8Cl2N2O2/c1-3-9(14)13-8-5(15-3)2-4(10)7(12)6(8)11/h2-3H,12H2,1H3,(H,13,14). The van der Waals surface area contributed by atoms with Crippen LogP contribution in [0.5, 0.6) is 5.75 Å². The zero-order chi connectivity index (χ0) is 11.2. The maximum atomic E-state index is 11.3. The van der Waals surface area contributed by atoms with Gasteiger partial charge in [0.1, 0.15) is 11.4 Å². The number of amides is 1. The van der Waals surface area contributed by atoms with Crippen LogP contribution < -0.4 is 15.8 Å². The molecule has 0 spiro atoms. The maximum Gasteiger partial charge on any atom is 0.265 e. The Labute approximate surface area is 96.3 Å². The minimum Gasteiger partial charge on any atom is -0.479 e. The highest BCUT2D eigenvalue weighted by Crippen LogP contribution is 2.43. The minimum absolute atomic E-state index is 0.206. The van der Waals surface area contributed by atoms with Crippen LogP contribution in [0.15, 0.2) is 6.07 Å². The van der Waals surface area contributed by atoms with Gasteiger partial charge in [0.25, 0.3) is 5.91 Å². The van der Waals surface area contributed by atoms with Crippen molar-refractivity contribution in [2.24, 2.45) is 0 Å². The van der Waals surface area contributed by atoms with Crippen molar-refractivity contribution in [3.8, 4) is 5.75 Å². The van der Waals surface area contributed by atoms with Crippen LogP contribution in [0.3, 0.4) is 0 Å². The van der Waals surface area contributed by atoms with E-state index in [1.54, 1.807) is 6.92 Å². The van der Waals surface area contributed by atoms with Crippen LogP contribution in [0.4, 0.5) is 11.4 Å². The van der Waals surface area contributed by atoms with E-state index in [9.17, 15) is 4.79 Å². The fourth-order valence-corrected chi connectivity index (χ4v) is 1.78. The highest BCUT2D eigenvalue weighted by molar-refractivity contribution is 6.41. The summed E-state index contributed by atoms with van der Waals surface area (Å²) in [5, 5.41) is 3.13. The molecule has 15 heavy (non-hydrogen) atoms. The predicted molar refractivity (Wildman–Crippen MR) is 59.6 cm³/mol. The van der Waals surface area contributed by atoms with Crippen molar-refractivity contribution in [2.45, 2.75) is 13.0 Å². The van der Waals surface area contributed by atoms with Gasteiger partial charge in [-0.2, -0.15) is 0 Å². The molecule has 1 amide bonds. The van der Waals surface area contributed by atoms with Gasteiger partial charge in [0.2, 0.25) is 0 Å². The van der Waals surface area contributed by atoms with Crippen LogP contribution in [-0.2, 0) is 4.79 Å². The minimum atomic E-state index is -0.562. The van der Waals surface area contributed by atoms with E-state index in [1.807, 2.05) is 0 Å². The monoisotopic (exact) mass is 246 g/mol. The molecule has 1 aromatic rings. The van der Waals surface area contributed by atoms with E-state index in [-0.39, 0.29) is 16.6 Å². The van der Waals surface area contributed by atoms with Crippen molar-refractivity contribution in [3.63, 3.8) is 0 Å². The molecule has 1 atom stereocenters. The molecule has 4 nitrogen and oxygen atoms in total. The number of carbonyl (C=O) groups excluding carboxylic acids is 1. The van der Waals surface area contributed by atoms with Crippen LogP contribution >= 0.6 is 23.2 Å². The third-order valence-electron chi connectivity index (χ3n) is 2.14. The molecule has 80 valence electrons. The average molecular weight is 247 g/mol. The number of carbonyl (C=O) groups is 1. The number of ether oxygens (including phenoxy) is 1. The average Bonchev–Trinajstić information content (AvgIpc) is 2.19. The molecule has 0 saturated carbocycles. The first-order valence-electron chi connectivity index (χ1n) is 4.25. The highest BCUT2D eigenvalue weighted by Gasteiger charge is 2.27. The summed E-state index contributed by atoms with van der Waals surface area (Å²) in [5.74, 6) is 0.178. The predicted octanol–water partition coefficient (Wildman–Crippen LogP) is 2.29. The third kappa shape index (κ3) is 1.60. The molecule has 1 aromatic carbocycles. The topological polar surface area (TPSA) is 64.3 Å². The third-order valence-corrected chi connectivity index (χ3v) is 2.84. The Hall–Kier alpha value is -1.13. The zero-order valence-electron chi connectivity index (χ0n) is 7.80. The largest absolute Gasteiger partial charge is 0.479 e. The summed E-state index contributed by atoms with van der Waals surface area (Å²) in [5.41, 5.74) is 6.22. The molecule has 1 heterocycles. The Bertz CT molecular complexity index is 448. The summed E-state index contributed by atoms with van der Waals surface area (Å²) in [6.45, 7) is 1.64. The normalized spacial score (nSPS) is 19.1. The first kappa shape index (κ1) is 10.4. The molecule has 0 fully saturated rings. The molecule has 0 bridgehead atoms. The Morgan fingerprint density at radius 2 is 2.20 bits per heavy atom. The second-order valence-corrected chi connectivity index (χ2v) is 3.99. The number of benzene rings is 1. The molecule has 1 aliphatic rings. The van der Waals surface area contributed by atoms with E-state index >= 15 is 0 Å². The first-order chi connectivity index (χ1) is 7.00.